The predicted octanol–water partition coefficient (Wildman–Crippen LogP) is -0.634. The SMILES string of the molecule is O=C(O)c1c(I)[nH]c(=O)[nH]c1=O. The van der Waals surface area contributed by atoms with Gasteiger partial charge in [0.2, 0.25) is 0 Å². The van der Waals surface area contributed by atoms with Crippen molar-refractivity contribution in [3.63, 3.8) is 0 Å². The van der Waals surface area contributed by atoms with Gasteiger partial charge in [0.15, 0.2) is 5.56 Å². The molecule has 0 aromatic carbocycles. The van der Waals surface area contributed by atoms with Gasteiger partial charge in [-0.05, 0) is 22.6 Å². The molecular formula is C5H3IN2O4. The Labute approximate surface area is 78.8 Å². The van der Waals surface area contributed by atoms with Gasteiger partial charge in [-0.15, -0.1) is 0 Å². The molecule has 0 saturated heterocycles. The summed E-state index contributed by atoms with van der Waals surface area (Å²) in [7, 11) is 0. The third kappa shape index (κ3) is 1.55. The minimum Gasteiger partial charge on any atom is -0.477 e. The summed E-state index contributed by atoms with van der Waals surface area (Å²) in [5.74, 6) is -1.36. The van der Waals surface area contributed by atoms with Crippen molar-refractivity contribution in [3.05, 3.63) is 30.1 Å². The standard InChI is InChI=1S/C5H3IN2O4/c6-2-1(4(10)11)3(9)8-5(12)7-2/h(H,10,11)(H2,7,8,9,12). The molecule has 1 rings (SSSR count). The van der Waals surface area contributed by atoms with Crippen LogP contribution in [0.15, 0.2) is 9.59 Å². The zero-order valence-electron chi connectivity index (χ0n) is 5.55. The van der Waals surface area contributed by atoms with Gasteiger partial charge in [-0.1, -0.05) is 0 Å². The van der Waals surface area contributed by atoms with E-state index in [9.17, 15) is 14.4 Å². The lowest BCUT2D eigenvalue weighted by Crippen LogP contribution is -2.29. The molecule has 6 nitrogen and oxygen atoms in total. The van der Waals surface area contributed by atoms with Crippen LogP contribution in [0, 0.1) is 3.70 Å². The first kappa shape index (κ1) is 8.97. The lowest BCUT2D eigenvalue weighted by Gasteiger charge is -1.94. The molecule has 0 bridgehead atoms. The van der Waals surface area contributed by atoms with Crippen molar-refractivity contribution in [2.75, 3.05) is 0 Å². The molecule has 0 unspecified atom stereocenters. The van der Waals surface area contributed by atoms with Gasteiger partial charge in [0.05, 0.1) is 0 Å². The van der Waals surface area contributed by atoms with Crippen LogP contribution in [-0.4, -0.2) is 21.0 Å². The van der Waals surface area contributed by atoms with Crippen molar-refractivity contribution < 1.29 is 9.90 Å². The third-order valence-corrected chi connectivity index (χ3v) is 1.92. The highest BCUT2D eigenvalue weighted by molar-refractivity contribution is 14.1. The van der Waals surface area contributed by atoms with E-state index >= 15 is 0 Å². The molecule has 0 amide bonds. The first-order chi connectivity index (χ1) is 5.52. The van der Waals surface area contributed by atoms with Crippen molar-refractivity contribution in [2.45, 2.75) is 0 Å². The highest BCUT2D eigenvalue weighted by Crippen LogP contribution is 2.00. The molecular weight excluding hydrogens is 279 g/mol. The van der Waals surface area contributed by atoms with Crippen LogP contribution in [0.4, 0.5) is 0 Å². The van der Waals surface area contributed by atoms with E-state index in [0.717, 1.165) is 0 Å². The molecule has 0 aliphatic carbocycles. The first-order valence-electron chi connectivity index (χ1n) is 2.77. The number of carbonyl (C=O) groups is 1. The average Bonchev–Trinajstić information content (AvgIpc) is 1.82. The van der Waals surface area contributed by atoms with E-state index in [0.29, 0.717) is 0 Å². The Bertz CT molecular complexity index is 432. The number of aromatic carboxylic acids is 1. The van der Waals surface area contributed by atoms with Crippen LogP contribution in [0.2, 0.25) is 0 Å². The molecule has 0 saturated carbocycles. The highest BCUT2D eigenvalue weighted by atomic mass is 127. The summed E-state index contributed by atoms with van der Waals surface area (Å²) >= 11 is 1.57. The number of carboxylic acid groups (broad SMARTS) is 1. The van der Waals surface area contributed by atoms with Gasteiger partial charge in [0.25, 0.3) is 5.56 Å². The molecule has 0 radical (unpaired) electrons. The van der Waals surface area contributed by atoms with Crippen LogP contribution in [0.1, 0.15) is 10.4 Å². The molecule has 3 N–H and O–H groups in total. The summed E-state index contributed by atoms with van der Waals surface area (Å²) in [6, 6.07) is 0. The molecule has 0 spiro atoms. The van der Waals surface area contributed by atoms with Crippen LogP contribution in [0.5, 0.6) is 0 Å². The molecule has 1 aromatic rings. The number of aromatic nitrogens is 2. The summed E-state index contributed by atoms with van der Waals surface area (Å²) in [5, 5.41) is 8.49. The number of hydrogen-bond donors (Lipinski definition) is 3. The fourth-order valence-electron chi connectivity index (χ4n) is 0.650. The number of rotatable bonds is 1. The quantitative estimate of drug-likeness (QED) is 0.471. The first-order valence-corrected chi connectivity index (χ1v) is 3.85. The number of carboxylic acids is 1. The summed E-state index contributed by atoms with van der Waals surface area (Å²) in [5.41, 5.74) is -2.06. The van der Waals surface area contributed by atoms with Crippen molar-refractivity contribution in [1.82, 2.24) is 9.97 Å². The van der Waals surface area contributed by atoms with Crippen LogP contribution in [-0.2, 0) is 0 Å². The Morgan fingerprint density at radius 1 is 1.33 bits per heavy atom. The normalized spacial score (nSPS) is 9.75. The lowest BCUT2D eigenvalue weighted by molar-refractivity contribution is 0.0693. The van der Waals surface area contributed by atoms with E-state index in [-0.39, 0.29) is 3.70 Å². The fourth-order valence-corrected chi connectivity index (χ4v) is 1.37. The maximum atomic E-state index is 10.8. The van der Waals surface area contributed by atoms with Gasteiger partial charge in [-0.2, -0.15) is 0 Å². The number of aromatic amines is 2. The van der Waals surface area contributed by atoms with Gasteiger partial charge in [0, 0.05) is 0 Å². The van der Waals surface area contributed by atoms with Crippen LogP contribution >= 0.6 is 22.6 Å². The largest absolute Gasteiger partial charge is 0.477 e. The zero-order chi connectivity index (χ0) is 9.30. The monoisotopic (exact) mass is 282 g/mol. The maximum Gasteiger partial charge on any atom is 0.343 e. The Morgan fingerprint density at radius 2 is 1.92 bits per heavy atom. The Kier molecular flexibility index (Phi) is 2.31. The van der Waals surface area contributed by atoms with E-state index in [1.165, 1.54) is 0 Å². The Morgan fingerprint density at radius 3 is 2.33 bits per heavy atom. The summed E-state index contributed by atoms with van der Waals surface area (Å²) in [6.45, 7) is 0. The van der Waals surface area contributed by atoms with Crippen LogP contribution in [0.25, 0.3) is 0 Å². The van der Waals surface area contributed by atoms with Gasteiger partial charge in [-0.3, -0.25) is 9.78 Å². The molecule has 1 aromatic heterocycles. The molecule has 0 aliphatic rings. The van der Waals surface area contributed by atoms with Gasteiger partial charge in [0.1, 0.15) is 3.70 Å². The summed E-state index contributed by atoms with van der Waals surface area (Å²) in [4.78, 5) is 35.8. The highest BCUT2D eigenvalue weighted by Gasteiger charge is 2.13. The van der Waals surface area contributed by atoms with Crippen molar-refractivity contribution in [2.24, 2.45) is 0 Å². The fraction of sp³-hybridized carbons (Fsp3) is 0. The Balaban J connectivity index is 3.60. The second-order valence-electron chi connectivity index (χ2n) is 1.90. The molecule has 7 heteroatoms. The topological polar surface area (TPSA) is 103 Å². The van der Waals surface area contributed by atoms with Crippen molar-refractivity contribution in [1.29, 1.82) is 0 Å². The van der Waals surface area contributed by atoms with Gasteiger partial charge < -0.3 is 10.1 Å². The van der Waals surface area contributed by atoms with Crippen molar-refractivity contribution >= 4 is 28.6 Å². The number of nitrogens with one attached hydrogen (secondary N) is 2. The maximum absolute atomic E-state index is 10.8. The molecule has 0 aliphatic heterocycles. The number of halogens is 1. The summed E-state index contributed by atoms with van der Waals surface area (Å²) < 4.78 is 0.0221. The van der Waals surface area contributed by atoms with Gasteiger partial charge in [-0.25, -0.2) is 9.59 Å². The molecule has 64 valence electrons. The summed E-state index contributed by atoms with van der Waals surface area (Å²) in [6.07, 6.45) is 0. The smallest absolute Gasteiger partial charge is 0.343 e. The van der Waals surface area contributed by atoms with Crippen LogP contribution < -0.4 is 11.2 Å². The van der Waals surface area contributed by atoms with Crippen LogP contribution in [0.3, 0.4) is 0 Å². The Hall–Kier alpha value is -1.12. The molecule has 0 fully saturated rings. The predicted molar refractivity (Wildman–Crippen MR) is 47.4 cm³/mol. The number of hydrogen-bond acceptors (Lipinski definition) is 3. The van der Waals surface area contributed by atoms with E-state index in [2.05, 4.69) is 4.98 Å². The van der Waals surface area contributed by atoms with E-state index < -0.39 is 22.8 Å². The average molecular weight is 282 g/mol. The van der Waals surface area contributed by atoms with Gasteiger partial charge >= 0.3 is 11.7 Å². The van der Waals surface area contributed by atoms with E-state index in [1.54, 1.807) is 22.6 Å². The lowest BCUT2D eigenvalue weighted by atomic mass is 10.3. The molecule has 0 atom stereocenters. The third-order valence-electron chi connectivity index (χ3n) is 1.11. The second kappa shape index (κ2) is 3.09. The van der Waals surface area contributed by atoms with E-state index in [1.807, 2.05) is 4.98 Å². The molecule has 12 heavy (non-hydrogen) atoms. The van der Waals surface area contributed by atoms with Crippen molar-refractivity contribution in [3.8, 4) is 0 Å². The van der Waals surface area contributed by atoms with E-state index in [4.69, 9.17) is 5.11 Å². The minimum absolute atomic E-state index is 0.0221. The zero-order valence-corrected chi connectivity index (χ0v) is 7.71. The second-order valence-corrected chi connectivity index (χ2v) is 2.98. The minimum atomic E-state index is -1.36. The number of H-pyrrole nitrogens is 2. The molecule has 1 heterocycles.